The van der Waals surface area contributed by atoms with Crippen molar-refractivity contribution in [3.63, 3.8) is 0 Å². The van der Waals surface area contributed by atoms with Gasteiger partial charge in [-0.25, -0.2) is 17.2 Å². The number of carbonyl (C=O) groups excluding carboxylic acids is 2. The minimum Gasteiger partial charge on any atom is -0.497 e. The predicted octanol–water partition coefficient (Wildman–Crippen LogP) is 4.89. The number of sulfonamides is 1. The smallest absolute Gasteiger partial charge is 0.264 e. The van der Waals surface area contributed by atoms with Crippen LogP contribution in [-0.2, 0) is 26.2 Å². The Balaban J connectivity index is 2.06. The number of amides is 2. The highest BCUT2D eigenvalue weighted by atomic mass is 32.2. The number of methoxy groups -OCH3 is 1. The summed E-state index contributed by atoms with van der Waals surface area (Å²) < 4.78 is 61.0. The number of benzene rings is 3. The summed E-state index contributed by atoms with van der Waals surface area (Å²) >= 11 is 0. The lowest BCUT2D eigenvalue weighted by atomic mass is 10.1. The van der Waals surface area contributed by atoms with E-state index in [2.05, 4.69) is 5.32 Å². The molecular weight excluding hydrogens is 552 g/mol. The molecule has 0 heterocycles. The lowest BCUT2D eigenvalue weighted by Gasteiger charge is -2.34. The normalized spacial score (nSPS) is 12.4. The number of hydrogen-bond donors (Lipinski definition) is 1. The van der Waals surface area contributed by atoms with Crippen LogP contribution < -0.4 is 14.4 Å². The molecule has 1 N–H and O–H groups in total. The zero-order chi connectivity index (χ0) is 30.4. The van der Waals surface area contributed by atoms with Crippen molar-refractivity contribution in [1.29, 1.82) is 0 Å². The fraction of sp³-hybridized carbons (Fsp3) is 0.333. The van der Waals surface area contributed by atoms with E-state index in [1.54, 1.807) is 27.7 Å². The number of halogens is 2. The van der Waals surface area contributed by atoms with E-state index in [0.29, 0.717) is 11.3 Å². The Hall–Kier alpha value is -3.99. The predicted molar refractivity (Wildman–Crippen MR) is 153 cm³/mol. The molecule has 0 saturated heterocycles. The van der Waals surface area contributed by atoms with Crippen LogP contribution >= 0.6 is 0 Å². The van der Waals surface area contributed by atoms with Crippen molar-refractivity contribution in [2.75, 3.05) is 18.0 Å². The third kappa shape index (κ3) is 8.26. The maximum atomic E-state index is 14.0. The molecule has 0 aromatic heterocycles. The van der Waals surface area contributed by atoms with E-state index in [-0.39, 0.29) is 23.5 Å². The highest BCUT2D eigenvalue weighted by Crippen LogP contribution is 2.26. The van der Waals surface area contributed by atoms with Gasteiger partial charge in [-0.1, -0.05) is 19.1 Å². The molecule has 1 atom stereocenters. The number of ether oxygens (including phenoxy) is 1. The molecule has 3 aromatic rings. The van der Waals surface area contributed by atoms with Gasteiger partial charge >= 0.3 is 0 Å². The summed E-state index contributed by atoms with van der Waals surface area (Å²) in [6, 6.07) is 14.9. The maximum Gasteiger partial charge on any atom is 0.264 e. The quantitative estimate of drug-likeness (QED) is 0.345. The van der Waals surface area contributed by atoms with Gasteiger partial charge in [0, 0.05) is 12.1 Å². The Bertz CT molecular complexity index is 1440. The zero-order valence-electron chi connectivity index (χ0n) is 23.7. The topological polar surface area (TPSA) is 96.0 Å². The lowest BCUT2D eigenvalue weighted by molar-refractivity contribution is -0.141. The van der Waals surface area contributed by atoms with E-state index >= 15 is 0 Å². The highest BCUT2D eigenvalue weighted by Gasteiger charge is 2.34. The number of carbonyl (C=O) groups is 2. The third-order valence-corrected chi connectivity index (χ3v) is 7.98. The molecule has 11 heteroatoms. The van der Waals surface area contributed by atoms with Crippen LogP contribution in [0.2, 0.25) is 0 Å². The van der Waals surface area contributed by atoms with Gasteiger partial charge in [0.1, 0.15) is 30.0 Å². The van der Waals surface area contributed by atoms with Crippen molar-refractivity contribution in [2.24, 2.45) is 0 Å². The number of nitrogens with one attached hydrogen (secondary N) is 1. The summed E-state index contributed by atoms with van der Waals surface area (Å²) in [6.45, 7) is 6.41. The second-order valence-electron chi connectivity index (χ2n) is 10.5. The minimum absolute atomic E-state index is 0.0597. The van der Waals surface area contributed by atoms with Crippen molar-refractivity contribution in [3.8, 4) is 5.75 Å². The summed E-state index contributed by atoms with van der Waals surface area (Å²) in [5.41, 5.74) is 0.0186. The molecule has 2 amide bonds. The first-order chi connectivity index (χ1) is 19.2. The third-order valence-electron chi connectivity index (χ3n) is 6.19. The standard InChI is InChI=1S/C30H35F2N3O5S/c1-6-27(29(37)33-30(2,3)4)34(19-21-7-9-22(31)10-8-21)28(36)20-35(24-13-11-23(32)12-14-24)41(38,39)26-17-15-25(40-5)16-18-26/h7-18,27H,6,19-20H2,1-5H3,(H,33,37)/t27-/m0/s1. The molecule has 41 heavy (non-hydrogen) atoms. The van der Waals surface area contributed by atoms with E-state index in [1.807, 2.05) is 0 Å². The second-order valence-corrected chi connectivity index (χ2v) is 12.3. The Morgan fingerprint density at radius 1 is 0.902 bits per heavy atom. The van der Waals surface area contributed by atoms with Gasteiger partial charge in [0.15, 0.2) is 0 Å². The van der Waals surface area contributed by atoms with Crippen molar-refractivity contribution in [2.45, 2.75) is 57.1 Å². The lowest BCUT2D eigenvalue weighted by Crippen LogP contribution is -2.55. The fourth-order valence-corrected chi connectivity index (χ4v) is 5.58. The van der Waals surface area contributed by atoms with Crippen LogP contribution in [0.4, 0.5) is 14.5 Å². The van der Waals surface area contributed by atoms with Crippen LogP contribution in [-0.4, -0.2) is 50.4 Å². The Morgan fingerprint density at radius 3 is 1.93 bits per heavy atom. The first kappa shape index (κ1) is 31.5. The molecule has 220 valence electrons. The van der Waals surface area contributed by atoms with E-state index < -0.39 is 51.6 Å². The molecule has 0 bridgehead atoms. The van der Waals surface area contributed by atoms with E-state index in [1.165, 1.54) is 72.7 Å². The largest absolute Gasteiger partial charge is 0.497 e. The first-order valence-electron chi connectivity index (χ1n) is 13.0. The van der Waals surface area contributed by atoms with Crippen molar-refractivity contribution in [1.82, 2.24) is 10.2 Å². The molecule has 3 rings (SSSR count). The molecule has 0 aliphatic rings. The van der Waals surface area contributed by atoms with Gasteiger partial charge in [-0.05, 0) is 93.4 Å². The van der Waals surface area contributed by atoms with Crippen molar-refractivity contribution in [3.05, 3.63) is 90.0 Å². The number of rotatable bonds is 11. The summed E-state index contributed by atoms with van der Waals surface area (Å²) in [5.74, 6) is -1.69. The van der Waals surface area contributed by atoms with Crippen LogP contribution in [0.1, 0.15) is 39.7 Å². The average Bonchev–Trinajstić information content (AvgIpc) is 2.92. The zero-order valence-corrected chi connectivity index (χ0v) is 24.5. The van der Waals surface area contributed by atoms with Crippen LogP contribution in [0.3, 0.4) is 0 Å². The fourth-order valence-electron chi connectivity index (χ4n) is 4.17. The van der Waals surface area contributed by atoms with Crippen LogP contribution in [0, 0.1) is 11.6 Å². The molecule has 0 aliphatic carbocycles. The Kier molecular flexibility index (Phi) is 10.1. The number of anilines is 1. The Labute approximate surface area is 240 Å². The molecule has 0 radical (unpaired) electrons. The number of hydrogen-bond acceptors (Lipinski definition) is 5. The van der Waals surface area contributed by atoms with E-state index in [9.17, 15) is 26.8 Å². The summed E-state index contributed by atoms with van der Waals surface area (Å²) in [7, 11) is -2.88. The second kappa shape index (κ2) is 13.1. The molecule has 0 saturated carbocycles. The van der Waals surface area contributed by atoms with Gasteiger partial charge in [0.05, 0.1) is 17.7 Å². The van der Waals surface area contributed by atoms with Gasteiger partial charge < -0.3 is 15.0 Å². The summed E-state index contributed by atoms with van der Waals surface area (Å²) in [6.07, 6.45) is 0.233. The van der Waals surface area contributed by atoms with Crippen molar-refractivity contribution < 1.29 is 31.5 Å². The minimum atomic E-state index is -4.32. The molecular formula is C30H35F2N3O5S. The monoisotopic (exact) mass is 587 g/mol. The van der Waals surface area contributed by atoms with Gasteiger partial charge in [0.2, 0.25) is 11.8 Å². The molecule has 3 aromatic carbocycles. The van der Waals surface area contributed by atoms with Crippen LogP contribution in [0.5, 0.6) is 5.75 Å². The summed E-state index contributed by atoms with van der Waals surface area (Å²) in [5, 5.41) is 2.88. The van der Waals surface area contributed by atoms with Gasteiger partial charge in [-0.15, -0.1) is 0 Å². The molecule has 0 aliphatic heterocycles. The highest BCUT2D eigenvalue weighted by molar-refractivity contribution is 7.92. The van der Waals surface area contributed by atoms with Gasteiger partial charge in [0.25, 0.3) is 10.0 Å². The van der Waals surface area contributed by atoms with Crippen LogP contribution in [0.15, 0.2) is 77.7 Å². The molecule has 0 fully saturated rings. The summed E-state index contributed by atoms with van der Waals surface area (Å²) in [4.78, 5) is 28.5. The van der Waals surface area contributed by atoms with Crippen LogP contribution in [0.25, 0.3) is 0 Å². The van der Waals surface area contributed by atoms with E-state index in [4.69, 9.17) is 4.74 Å². The molecule has 0 spiro atoms. The molecule has 0 unspecified atom stereocenters. The first-order valence-corrected chi connectivity index (χ1v) is 14.5. The maximum absolute atomic E-state index is 14.0. The average molecular weight is 588 g/mol. The number of nitrogens with zero attached hydrogens (tertiary/aromatic N) is 2. The van der Waals surface area contributed by atoms with Crippen molar-refractivity contribution >= 4 is 27.5 Å². The SMILES string of the molecule is CC[C@@H](C(=O)NC(C)(C)C)N(Cc1ccc(F)cc1)C(=O)CN(c1ccc(F)cc1)S(=O)(=O)c1ccc(OC)cc1. The van der Waals surface area contributed by atoms with Gasteiger partial charge in [-0.3, -0.25) is 13.9 Å². The Morgan fingerprint density at radius 2 is 1.44 bits per heavy atom. The van der Waals surface area contributed by atoms with E-state index in [0.717, 1.165) is 16.4 Å². The molecule has 8 nitrogen and oxygen atoms in total. The van der Waals surface area contributed by atoms with Gasteiger partial charge in [-0.2, -0.15) is 0 Å².